The second-order valence-electron chi connectivity index (χ2n) is 7.02. The predicted molar refractivity (Wildman–Crippen MR) is 88.8 cm³/mol. The minimum Gasteiger partial charge on any atom is -0.335 e. The van der Waals surface area contributed by atoms with Gasteiger partial charge in [-0.05, 0) is 45.2 Å². The highest BCUT2D eigenvalue weighted by Gasteiger charge is 2.33. The first kappa shape index (κ1) is 17.0. The maximum atomic E-state index is 12.4. The Morgan fingerprint density at radius 3 is 2.26 bits per heavy atom. The van der Waals surface area contributed by atoms with Gasteiger partial charge in [0.2, 0.25) is 10.0 Å². The highest BCUT2D eigenvalue weighted by Crippen LogP contribution is 2.21. The molecule has 0 saturated carbocycles. The number of urea groups is 1. The summed E-state index contributed by atoms with van der Waals surface area (Å²) in [5.74, 6) is 0. The molecule has 1 atom stereocenters. The SMILES string of the molecule is CS(=O)(=O)N1CCC(NC(=O)N2CC[C@@H](N3CCCC3)C2)CC1. The lowest BCUT2D eigenvalue weighted by molar-refractivity contribution is 0.189. The van der Waals surface area contributed by atoms with Gasteiger partial charge in [-0.3, -0.25) is 4.90 Å². The Labute approximate surface area is 139 Å². The third kappa shape index (κ3) is 4.16. The molecule has 1 N–H and O–H groups in total. The summed E-state index contributed by atoms with van der Waals surface area (Å²) in [6.07, 6.45) is 6.27. The van der Waals surface area contributed by atoms with E-state index in [0.29, 0.717) is 32.0 Å². The van der Waals surface area contributed by atoms with Gasteiger partial charge in [-0.25, -0.2) is 17.5 Å². The first-order valence-electron chi connectivity index (χ1n) is 8.68. The second kappa shape index (κ2) is 6.94. The number of amides is 2. The van der Waals surface area contributed by atoms with Crippen molar-refractivity contribution in [2.75, 3.05) is 45.5 Å². The molecule has 132 valence electrons. The summed E-state index contributed by atoms with van der Waals surface area (Å²) in [4.78, 5) is 16.9. The molecule has 3 heterocycles. The lowest BCUT2D eigenvalue weighted by Crippen LogP contribution is -2.50. The van der Waals surface area contributed by atoms with Crippen LogP contribution in [0.15, 0.2) is 0 Å². The van der Waals surface area contributed by atoms with Crippen molar-refractivity contribution < 1.29 is 13.2 Å². The fourth-order valence-electron chi connectivity index (χ4n) is 3.93. The zero-order valence-corrected chi connectivity index (χ0v) is 14.7. The zero-order valence-electron chi connectivity index (χ0n) is 13.9. The van der Waals surface area contributed by atoms with Gasteiger partial charge < -0.3 is 10.2 Å². The molecule has 3 aliphatic rings. The van der Waals surface area contributed by atoms with Crippen LogP contribution in [0.1, 0.15) is 32.1 Å². The molecule has 3 saturated heterocycles. The summed E-state index contributed by atoms with van der Waals surface area (Å²) in [5, 5.41) is 3.09. The first-order valence-corrected chi connectivity index (χ1v) is 10.5. The quantitative estimate of drug-likeness (QED) is 0.799. The van der Waals surface area contributed by atoms with Crippen LogP contribution in [-0.4, -0.2) is 86.2 Å². The number of rotatable bonds is 3. The van der Waals surface area contributed by atoms with E-state index in [1.54, 1.807) is 0 Å². The summed E-state index contributed by atoms with van der Waals surface area (Å²) in [6, 6.07) is 0.631. The van der Waals surface area contributed by atoms with Crippen molar-refractivity contribution in [1.82, 2.24) is 19.4 Å². The predicted octanol–water partition coefficient (Wildman–Crippen LogP) is 0.290. The number of sulfonamides is 1. The summed E-state index contributed by atoms with van der Waals surface area (Å²) in [6.45, 7) is 5.00. The molecular weight excluding hydrogens is 316 g/mol. The lowest BCUT2D eigenvalue weighted by Gasteiger charge is -2.32. The Hall–Kier alpha value is -0.860. The summed E-state index contributed by atoms with van der Waals surface area (Å²) < 4.78 is 24.5. The normalized spacial score (nSPS) is 28.4. The van der Waals surface area contributed by atoms with Crippen molar-refractivity contribution in [2.24, 2.45) is 0 Å². The van der Waals surface area contributed by atoms with Gasteiger partial charge in [0, 0.05) is 38.3 Å². The standard InChI is InChI=1S/C15H28N4O3S/c1-23(21,22)19-10-4-13(5-11-19)16-15(20)18-9-6-14(12-18)17-7-2-3-8-17/h13-14H,2-12H2,1H3,(H,16,20)/t14-/m1/s1. The molecule has 3 aliphatic heterocycles. The molecule has 8 heteroatoms. The Kier molecular flexibility index (Phi) is 5.13. The molecule has 0 unspecified atom stereocenters. The van der Waals surface area contributed by atoms with Crippen molar-refractivity contribution in [1.29, 1.82) is 0 Å². The molecule has 0 radical (unpaired) electrons. The van der Waals surface area contributed by atoms with Crippen LogP contribution in [0.3, 0.4) is 0 Å². The Balaban J connectivity index is 1.43. The summed E-state index contributed by atoms with van der Waals surface area (Å²) in [5.41, 5.74) is 0. The number of hydrogen-bond acceptors (Lipinski definition) is 4. The van der Waals surface area contributed by atoms with Crippen molar-refractivity contribution in [3.05, 3.63) is 0 Å². The minimum atomic E-state index is -3.11. The lowest BCUT2D eigenvalue weighted by atomic mass is 10.1. The number of piperidine rings is 1. The molecular formula is C15H28N4O3S. The van der Waals surface area contributed by atoms with Gasteiger partial charge in [-0.15, -0.1) is 0 Å². The molecule has 2 amide bonds. The number of carbonyl (C=O) groups excluding carboxylic acids is 1. The topological polar surface area (TPSA) is 73.0 Å². The van der Waals surface area contributed by atoms with Crippen molar-refractivity contribution in [3.63, 3.8) is 0 Å². The highest BCUT2D eigenvalue weighted by atomic mass is 32.2. The van der Waals surface area contributed by atoms with Crippen LogP contribution in [0.5, 0.6) is 0 Å². The van der Waals surface area contributed by atoms with E-state index in [1.165, 1.54) is 36.5 Å². The van der Waals surface area contributed by atoms with Crippen molar-refractivity contribution in [3.8, 4) is 0 Å². The van der Waals surface area contributed by atoms with E-state index in [4.69, 9.17) is 0 Å². The van der Waals surface area contributed by atoms with Crippen molar-refractivity contribution in [2.45, 2.75) is 44.2 Å². The molecule has 3 fully saturated rings. The van der Waals surface area contributed by atoms with Crippen LogP contribution in [0.25, 0.3) is 0 Å². The first-order chi connectivity index (χ1) is 10.9. The average molecular weight is 344 g/mol. The van der Waals surface area contributed by atoms with Crippen LogP contribution in [0, 0.1) is 0 Å². The van der Waals surface area contributed by atoms with Gasteiger partial charge in [-0.2, -0.15) is 0 Å². The average Bonchev–Trinajstić information content (AvgIpc) is 3.18. The maximum Gasteiger partial charge on any atom is 0.317 e. The zero-order chi connectivity index (χ0) is 16.4. The molecule has 3 rings (SSSR count). The molecule has 0 aromatic carbocycles. The highest BCUT2D eigenvalue weighted by molar-refractivity contribution is 7.88. The fourth-order valence-corrected chi connectivity index (χ4v) is 4.80. The molecule has 0 aromatic heterocycles. The maximum absolute atomic E-state index is 12.4. The molecule has 0 spiro atoms. The van der Waals surface area contributed by atoms with E-state index >= 15 is 0 Å². The van der Waals surface area contributed by atoms with E-state index in [9.17, 15) is 13.2 Å². The van der Waals surface area contributed by atoms with Gasteiger partial charge in [0.1, 0.15) is 0 Å². The van der Waals surface area contributed by atoms with Crippen LogP contribution in [0.4, 0.5) is 4.79 Å². The Morgan fingerprint density at radius 2 is 1.65 bits per heavy atom. The number of nitrogens with zero attached hydrogens (tertiary/aromatic N) is 3. The summed E-state index contributed by atoms with van der Waals surface area (Å²) >= 11 is 0. The van der Waals surface area contributed by atoms with E-state index in [-0.39, 0.29) is 12.1 Å². The molecule has 23 heavy (non-hydrogen) atoms. The number of hydrogen-bond donors (Lipinski definition) is 1. The summed E-state index contributed by atoms with van der Waals surface area (Å²) in [7, 11) is -3.11. The van der Waals surface area contributed by atoms with Gasteiger partial charge in [0.05, 0.1) is 6.26 Å². The second-order valence-corrected chi connectivity index (χ2v) is 9.00. The molecule has 0 aromatic rings. The fraction of sp³-hybridized carbons (Fsp3) is 0.933. The van der Waals surface area contributed by atoms with E-state index in [1.807, 2.05) is 4.90 Å². The smallest absolute Gasteiger partial charge is 0.317 e. The van der Waals surface area contributed by atoms with E-state index in [0.717, 1.165) is 19.5 Å². The molecule has 0 aliphatic carbocycles. The minimum absolute atomic E-state index is 0.0181. The Bertz CT molecular complexity index is 525. The van der Waals surface area contributed by atoms with Gasteiger partial charge in [0.15, 0.2) is 0 Å². The van der Waals surface area contributed by atoms with Crippen molar-refractivity contribution >= 4 is 16.1 Å². The molecule has 0 bridgehead atoms. The van der Waals surface area contributed by atoms with Crippen LogP contribution >= 0.6 is 0 Å². The monoisotopic (exact) mass is 344 g/mol. The number of carbonyl (C=O) groups is 1. The van der Waals surface area contributed by atoms with Gasteiger partial charge >= 0.3 is 6.03 Å². The van der Waals surface area contributed by atoms with Gasteiger partial charge in [-0.1, -0.05) is 0 Å². The third-order valence-corrected chi connectivity index (χ3v) is 6.66. The largest absolute Gasteiger partial charge is 0.335 e. The van der Waals surface area contributed by atoms with Crippen LogP contribution in [-0.2, 0) is 10.0 Å². The van der Waals surface area contributed by atoms with Gasteiger partial charge in [0.25, 0.3) is 0 Å². The number of likely N-dealkylation sites (tertiary alicyclic amines) is 2. The van der Waals surface area contributed by atoms with E-state index in [2.05, 4.69) is 10.2 Å². The van der Waals surface area contributed by atoms with Crippen LogP contribution < -0.4 is 5.32 Å². The molecule has 7 nitrogen and oxygen atoms in total. The van der Waals surface area contributed by atoms with Crippen LogP contribution in [0.2, 0.25) is 0 Å². The van der Waals surface area contributed by atoms with E-state index < -0.39 is 10.0 Å². The third-order valence-electron chi connectivity index (χ3n) is 5.36. The Morgan fingerprint density at radius 1 is 1.00 bits per heavy atom. The number of nitrogens with one attached hydrogen (secondary N) is 1.